The van der Waals surface area contributed by atoms with Crippen molar-refractivity contribution in [2.24, 2.45) is 4.99 Å². The number of aliphatic hydroxyl groups excluding tert-OH is 1. The molecule has 2 atom stereocenters. The number of hydrogen-bond acceptors (Lipinski definition) is 6. The molecule has 2 aromatic carbocycles. The molecule has 2 aromatic rings. The number of aliphatic hydroxyl groups is 1. The van der Waals surface area contributed by atoms with Crippen molar-refractivity contribution >= 4 is 27.7 Å². The molecule has 1 aliphatic heterocycles. The highest BCUT2D eigenvalue weighted by Gasteiger charge is 2.53. The van der Waals surface area contributed by atoms with Gasteiger partial charge in [0.25, 0.3) is 5.91 Å². The summed E-state index contributed by atoms with van der Waals surface area (Å²) >= 11 is 3.51. The minimum absolute atomic E-state index is 0.0669. The van der Waals surface area contributed by atoms with Crippen molar-refractivity contribution in [2.75, 3.05) is 13.2 Å². The van der Waals surface area contributed by atoms with E-state index in [0.29, 0.717) is 24.3 Å². The first-order valence-electron chi connectivity index (χ1n) is 9.46. The third kappa shape index (κ3) is 4.40. The molecule has 0 fully saturated rings. The Morgan fingerprint density at radius 2 is 2.03 bits per heavy atom. The lowest BCUT2D eigenvalue weighted by molar-refractivity contribution is -0.137. The Hall–Kier alpha value is -2.68. The van der Waals surface area contributed by atoms with Gasteiger partial charge in [0.1, 0.15) is 5.75 Å². The molecule has 8 heteroatoms. The van der Waals surface area contributed by atoms with Crippen LogP contribution in [0.15, 0.2) is 70.7 Å². The largest absolute Gasteiger partial charge is 0.494 e. The van der Waals surface area contributed by atoms with Gasteiger partial charge in [0.05, 0.1) is 6.61 Å². The van der Waals surface area contributed by atoms with E-state index in [9.17, 15) is 10.0 Å². The molecular weight excluding hydrogens is 452 g/mol. The van der Waals surface area contributed by atoms with Crippen LogP contribution in [-0.2, 0) is 9.53 Å². The summed E-state index contributed by atoms with van der Waals surface area (Å²) in [5.74, 6) is 0.254. The predicted molar refractivity (Wildman–Crippen MR) is 116 cm³/mol. The van der Waals surface area contributed by atoms with Crippen molar-refractivity contribution in [1.29, 1.82) is 0 Å². The average molecular weight is 475 g/mol. The molecular formula is C22H23BrN2O5. The van der Waals surface area contributed by atoms with Crippen LogP contribution in [0.2, 0.25) is 0 Å². The second-order valence-corrected chi connectivity index (χ2v) is 7.60. The maximum absolute atomic E-state index is 12.7. The normalized spacial score (nSPS) is 20.2. The molecule has 0 radical (unpaired) electrons. The number of nitrogens with one attached hydrogen (secondary N) is 1. The van der Waals surface area contributed by atoms with E-state index in [2.05, 4.69) is 27.5 Å². The van der Waals surface area contributed by atoms with Crippen molar-refractivity contribution in [2.45, 2.75) is 24.5 Å². The number of benzene rings is 2. The van der Waals surface area contributed by atoms with E-state index in [1.807, 2.05) is 24.3 Å². The first-order chi connectivity index (χ1) is 14.6. The number of hydroxylamine groups is 1. The highest BCUT2D eigenvalue weighted by Crippen LogP contribution is 2.44. The monoisotopic (exact) mass is 474 g/mol. The Morgan fingerprint density at radius 1 is 1.30 bits per heavy atom. The van der Waals surface area contributed by atoms with Gasteiger partial charge >= 0.3 is 0 Å². The van der Waals surface area contributed by atoms with Gasteiger partial charge in [0.2, 0.25) is 5.90 Å². The predicted octanol–water partition coefficient (Wildman–Crippen LogP) is 3.55. The van der Waals surface area contributed by atoms with E-state index in [1.165, 1.54) is 0 Å². The van der Waals surface area contributed by atoms with Gasteiger partial charge in [-0.1, -0.05) is 40.2 Å². The van der Waals surface area contributed by atoms with E-state index >= 15 is 0 Å². The van der Waals surface area contributed by atoms with Crippen LogP contribution in [-0.4, -0.2) is 40.9 Å². The van der Waals surface area contributed by atoms with E-state index < -0.39 is 17.6 Å². The van der Waals surface area contributed by atoms with E-state index in [-0.39, 0.29) is 18.9 Å². The zero-order valence-electron chi connectivity index (χ0n) is 16.3. The topological polar surface area (TPSA) is 100 Å². The Balaban J connectivity index is 1.98. The smallest absolute Gasteiger partial charge is 0.275 e. The van der Waals surface area contributed by atoms with Crippen molar-refractivity contribution in [3.8, 4) is 5.75 Å². The lowest BCUT2D eigenvalue weighted by Gasteiger charge is -2.29. The zero-order chi connectivity index (χ0) is 21.6. The fraction of sp³-hybridized carbons (Fsp3) is 0.273. The number of nitrogens with zero attached hydrogens (tertiary/aromatic N) is 1. The van der Waals surface area contributed by atoms with Crippen LogP contribution in [0, 0.1) is 0 Å². The first kappa shape index (κ1) is 22.0. The van der Waals surface area contributed by atoms with Crippen LogP contribution < -0.4 is 10.2 Å². The highest BCUT2D eigenvalue weighted by atomic mass is 79.9. The average Bonchev–Trinajstić information content (AvgIpc) is 3.15. The summed E-state index contributed by atoms with van der Waals surface area (Å²) in [5, 5.41) is 18.3. The summed E-state index contributed by atoms with van der Waals surface area (Å²) in [6.45, 7) is 4.23. The van der Waals surface area contributed by atoms with Crippen LogP contribution in [0.4, 0.5) is 0 Å². The molecule has 1 heterocycles. The van der Waals surface area contributed by atoms with Crippen molar-refractivity contribution < 1.29 is 24.6 Å². The molecule has 0 bridgehead atoms. The fourth-order valence-electron chi connectivity index (χ4n) is 3.30. The summed E-state index contributed by atoms with van der Waals surface area (Å²) < 4.78 is 12.5. The first-order valence-corrected chi connectivity index (χ1v) is 10.3. The zero-order valence-corrected chi connectivity index (χ0v) is 17.8. The Labute approximate surface area is 183 Å². The second kappa shape index (κ2) is 9.88. The van der Waals surface area contributed by atoms with Gasteiger partial charge in [-0.25, -0.2) is 10.5 Å². The van der Waals surface area contributed by atoms with Crippen LogP contribution >= 0.6 is 15.9 Å². The number of carbonyl (C=O) groups is 1. The molecule has 3 rings (SSSR count). The number of ether oxygens (including phenoxy) is 2. The summed E-state index contributed by atoms with van der Waals surface area (Å²) in [4.78, 5) is 17.4. The van der Waals surface area contributed by atoms with Crippen LogP contribution in [0.3, 0.4) is 0 Å². The lowest BCUT2D eigenvalue weighted by atomic mass is 9.84. The molecule has 0 aliphatic carbocycles. The van der Waals surface area contributed by atoms with Crippen LogP contribution in [0.1, 0.15) is 30.1 Å². The molecule has 1 aliphatic rings. The molecule has 0 spiro atoms. The molecule has 7 nitrogen and oxygen atoms in total. The Bertz CT molecular complexity index is 931. The van der Waals surface area contributed by atoms with Gasteiger partial charge in [-0.15, -0.1) is 6.58 Å². The van der Waals surface area contributed by atoms with E-state index in [1.54, 1.807) is 35.8 Å². The second-order valence-electron chi connectivity index (χ2n) is 6.74. The minimum Gasteiger partial charge on any atom is -0.494 e. The number of halogens is 1. The summed E-state index contributed by atoms with van der Waals surface area (Å²) in [7, 11) is 0. The Morgan fingerprint density at radius 3 is 2.67 bits per heavy atom. The molecule has 0 aromatic heterocycles. The number of hydrogen-bond donors (Lipinski definition) is 3. The number of aliphatic imine (C=N–C) groups is 1. The lowest BCUT2D eigenvalue weighted by Crippen LogP contribution is -2.47. The third-order valence-corrected chi connectivity index (χ3v) is 5.50. The quantitative estimate of drug-likeness (QED) is 0.223. The SMILES string of the molecule is C=CC[C@]1(C(=O)NO)N=C(c2ccc(OCCCO)cc2)O[C@H]1c1ccccc1Br. The van der Waals surface area contributed by atoms with Gasteiger partial charge < -0.3 is 14.6 Å². The molecule has 1 amide bonds. The summed E-state index contributed by atoms with van der Waals surface area (Å²) in [5.41, 5.74) is 1.71. The minimum atomic E-state index is -1.41. The molecule has 158 valence electrons. The molecule has 0 unspecified atom stereocenters. The van der Waals surface area contributed by atoms with Crippen molar-refractivity contribution in [1.82, 2.24) is 5.48 Å². The standard InChI is InChI=1S/C22H23BrN2O5/c1-2-12-22(21(27)25-28)19(17-6-3-4-7-18(17)23)30-20(24-22)15-8-10-16(11-9-15)29-14-5-13-26/h2-4,6-11,19,26,28H,1,5,12-14H2,(H,25,27)/t19-,22-/m0/s1. The number of rotatable bonds is 9. The highest BCUT2D eigenvalue weighted by molar-refractivity contribution is 9.10. The molecule has 30 heavy (non-hydrogen) atoms. The van der Waals surface area contributed by atoms with Crippen molar-refractivity contribution in [3.63, 3.8) is 0 Å². The summed E-state index contributed by atoms with van der Waals surface area (Å²) in [6.07, 6.45) is 1.52. The van der Waals surface area contributed by atoms with E-state index in [0.717, 1.165) is 10.0 Å². The summed E-state index contributed by atoms with van der Waals surface area (Å²) in [6, 6.07) is 14.5. The van der Waals surface area contributed by atoms with Gasteiger partial charge in [-0.3, -0.25) is 10.0 Å². The van der Waals surface area contributed by atoms with Gasteiger partial charge in [-0.05, 0) is 30.3 Å². The maximum Gasteiger partial charge on any atom is 0.275 e. The fourth-order valence-corrected chi connectivity index (χ4v) is 3.79. The molecule has 0 saturated heterocycles. The number of amides is 1. The van der Waals surface area contributed by atoms with Gasteiger partial charge in [-0.2, -0.15) is 0 Å². The molecule has 3 N–H and O–H groups in total. The van der Waals surface area contributed by atoms with Gasteiger partial charge in [0, 0.05) is 35.0 Å². The van der Waals surface area contributed by atoms with Crippen molar-refractivity contribution in [3.05, 3.63) is 76.8 Å². The Kier molecular flexibility index (Phi) is 7.25. The molecule has 0 saturated carbocycles. The van der Waals surface area contributed by atoms with Crippen LogP contribution in [0.5, 0.6) is 5.75 Å². The van der Waals surface area contributed by atoms with Crippen LogP contribution in [0.25, 0.3) is 0 Å². The maximum atomic E-state index is 12.7. The van der Waals surface area contributed by atoms with E-state index in [4.69, 9.17) is 14.6 Å². The third-order valence-electron chi connectivity index (χ3n) is 4.77. The van der Waals surface area contributed by atoms with Gasteiger partial charge in [0.15, 0.2) is 11.6 Å². The number of carbonyl (C=O) groups excluding carboxylic acids is 1.